The molecule has 0 aliphatic rings. The zero-order valence-corrected chi connectivity index (χ0v) is 11.6. The number of aromatic nitrogens is 2. The predicted molar refractivity (Wildman–Crippen MR) is 75.1 cm³/mol. The number of aryl methyl sites for hydroxylation is 1. The molecule has 19 heavy (non-hydrogen) atoms. The zero-order valence-electron chi connectivity index (χ0n) is 10.9. The predicted octanol–water partition coefficient (Wildman–Crippen LogP) is 3.60. The molecule has 0 atom stereocenters. The van der Waals surface area contributed by atoms with Crippen molar-refractivity contribution in [1.82, 2.24) is 9.97 Å². The number of rotatable bonds is 4. The molecular weight excluding hydrogens is 265 g/mol. The number of halogens is 2. The lowest BCUT2D eigenvalue weighted by atomic mass is 10.1. The van der Waals surface area contributed by atoms with Gasteiger partial charge in [-0.15, -0.1) is 0 Å². The molecular formula is C14H15ClFN3. The number of benzene rings is 1. The molecule has 5 heteroatoms. The van der Waals surface area contributed by atoms with E-state index in [1.807, 2.05) is 19.9 Å². The van der Waals surface area contributed by atoms with Gasteiger partial charge in [-0.2, -0.15) is 0 Å². The van der Waals surface area contributed by atoms with E-state index in [2.05, 4.69) is 15.3 Å². The molecule has 100 valence electrons. The second-order valence-electron chi connectivity index (χ2n) is 4.22. The van der Waals surface area contributed by atoms with E-state index in [9.17, 15) is 4.39 Å². The van der Waals surface area contributed by atoms with Gasteiger partial charge in [0, 0.05) is 35.3 Å². The third kappa shape index (κ3) is 3.41. The van der Waals surface area contributed by atoms with Crippen LogP contribution in [0.25, 0.3) is 0 Å². The molecule has 3 nitrogen and oxygen atoms in total. The van der Waals surface area contributed by atoms with E-state index in [4.69, 9.17) is 11.6 Å². The van der Waals surface area contributed by atoms with Gasteiger partial charge in [0.1, 0.15) is 17.5 Å². The highest BCUT2D eigenvalue weighted by molar-refractivity contribution is 6.31. The first-order valence-electron chi connectivity index (χ1n) is 6.11. The molecule has 0 saturated carbocycles. The topological polar surface area (TPSA) is 37.8 Å². The van der Waals surface area contributed by atoms with Crippen molar-refractivity contribution in [3.05, 3.63) is 52.2 Å². The third-order valence-electron chi connectivity index (χ3n) is 2.65. The SMILES string of the molecule is CCNc1cc(C)nc(Cc2c(F)cccc2Cl)n1. The van der Waals surface area contributed by atoms with E-state index in [-0.39, 0.29) is 12.2 Å². The Labute approximate surface area is 116 Å². The molecule has 0 aliphatic carbocycles. The third-order valence-corrected chi connectivity index (χ3v) is 3.01. The Morgan fingerprint density at radius 2 is 2.11 bits per heavy atom. The zero-order chi connectivity index (χ0) is 13.8. The first-order valence-corrected chi connectivity index (χ1v) is 6.49. The summed E-state index contributed by atoms with van der Waals surface area (Å²) < 4.78 is 13.7. The highest BCUT2D eigenvalue weighted by Crippen LogP contribution is 2.21. The summed E-state index contributed by atoms with van der Waals surface area (Å²) in [6.07, 6.45) is 0.283. The monoisotopic (exact) mass is 279 g/mol. The van der Waals surface area contributed by atoms with Gasteiger partial charge in [-0.3, -0.25) is 0 Å². The van der Waals surface area contributed by atoms with Gasteiger partial charge in [-0.1, -0.05) is 17.7 Å². The van der Waals surface area contributed by atoms with Gasteiger partial charge in [0.15, 0.2) is 0 Å². The fourth-order valence-corrected chi connectivity index (χ4v) is 2.07. The minimum atomic E-state index is -0.331. The van der Waals surface area contributed by atoms with Crippen LogP contribution < -0.4 is 5.32 Å². The number of anilines is 1. The molecule has 1 N–H and O–H groups in total. The quantitative estimate of drug-likeness (QED) is 0.929. The van der Waals surface area contributed by atoms with Gasteiger partial charge in [-0.25, -0.2) is 14.4 Å². The van der Waals surface area contributed by atoms with Crippen molar-refractivity contribution in [2.45, 2.75) is 20.3 Å². The molecule has 0 saturated heterocycles. The first-order chi connectivity index (χ1) is 9.10. The van der Waals surface area contributed by atoms with Gasteiger partial charge in [0.25, 0.3) is 0 Å². The number of nitrogens with zero attached hydrogens (tertiary/aromatic N) is 2. The van der Waals surface area contributed by atoms with Crippen molar-refractivity contribution in [3.63, 3.8) is 0 Å². The summed E-state index contributed by atoms with van der Waals surface area (Å²) >= 11 is 6.01. The standard InChI is InChI=1S/C14H15ClFN3/c1-3-17-13-7-9(2)18-14(19-13)8-10-11(15)5-4-6-12(10)16/h4-7H,3,8H2,1-2H3,(H,17,18,19). The second-order valence-corrected chi connectivity index (χ2v) is 4.63. The van der Waals surface area contributed by atoms with E-state index >= 15 is 0 Å². The van der Waals surface area contributed by atoms with E-state index in [1.165, 1.54) is 6.07 Å². The minimum absolute atomic E-state index is 0.283. The van der Waals surface area contributed by atoms with Gasteiger partial charge in [0.05, 0.1) is 0 Å². The van der Waals surface area contributed by atoms with Crippen LogP contribution in [0.4, 0.5) is 10.2 Å². The van der Waals surface area contributed by atoms with Crippen LogP contribution in [-0.2, 0) is 6.42 Å². The summed E-state index contributed by atoms with van der Waals surface area (Å²) in [5, 5.41) is 3.52. The smallest absolute Gasteiger partial charge is 0.135 e. The summed E-state index contributed by atoms with van der Waals surface area (Å²) in [6.45, 7) is 4.65. The van der Waals surface area contributed by atoms with Crippen molar-refractivity contribution in [2.24, 2.45) is 0 Å². The maximum Gasteiger partial charge on any atom is 0.135 e. The Balaban J connectivity index is 2.33. The summed E-state index contributed by atoms with van der Waals surface area (Å²) in [4.78, 5) is 8.67. The molecule has 0 fully saturated rings. The van der Waals surface area contributed by atoms with Crippen LogP contribution in [0.1, 0.15) is 24.0 Å². The molecule has 0 radical (unpaired) electrons. The maximum atomic E-state index is 13.7. The van der Waals surface area contributed by atoms with Gasteiger partial charge >= 0.3 is 0 Å². The molecule has 0 spiro atoms. The molecule has 0 amide bonds. The lowest BCUT2D eigenvalue weighted by Gasteiger charge is -2.08. The average molecular weight is 280 g/mol. The van der Waals surface area contributed by atoms with Crippen molar-refractivity contribution in [3.8, 4) is 0 Å². The summed E-state index contributed by atoms with van der Waals surface area (Å²) in [6, 6.07) is 6.50. The fraction of sp³-hybridized carbons (Fsp3) is 0.286. The first kappa shape index (κ1) is 13.7. The van der Waals surface area contributed by atoms with Crippen LogP contribution in [0.2, 0.25) is 5.02 Å². The maximum absolute atomic E-state index is 13.7. The second kappa shape index (κ2) is 5.97. The highest BCUT2D eigenvalue weighted by Gasteiger charge is 2.10. The van der Waals surface area contributed by atoms with Gasteiger partial charge < -0.3 is 5.32 Å². The van der Waals surface area contributed by atoms with Gasteiger partial charge in [-0.05, 0) is 26.0 Å². The largest absolute Gasteiger partial charge is 0.370 e. The Kier molecular flexibility index (Phi) is 4.32. The Hall–Kier alpha value is -1.68. The molecule has 1 aromatic carbocycles. The van der Waals surface area contributed by atoms with Crippen LogP contribution in [0.3, 0.4) is 0 Å². The summed E-state index contributed by atoms with van der Waals surface area (Å²) in [5.41, 5.74) is 1.27. The molecule has 0 unspecified atom stereocenters. The molecule has 2 aromatic rings. The van der Waals surface area contributed by atoms with Crippen LogP contribution in [0, 0.1) is 12.7 Å². The van der Waals surface area contributed by atoms with Gasteiger partial charge in [0.2, 0.25) is 0 Å². The minimum Gasteiger partial charge on any atom is -0.370 e. The lowest BCUT2D eigenvalue weighted by Crippen LogP contribution is -2.06. The lowest BCUT2D eigenvalue weighted by molar-refractivity contribution is 0.612. The van der Waals surface area contributed by atoms with Crippen molar-refractivity contribution < 1.29 is 4.39 Å². The Bertz CT molecular complexity index is 567. The van der Waals surface area contributed by atoms with E-state index in [1.54, 1.807) is 12.1 Å². The molecule has 0 bridgehead atoms. The fourth-order valence-electron chi connectivity index (χ4n) is 1.84. The van der Waals surface area contributed by atoms with Crippen molar-refractivity contribution in [2.75, 3.05) is 11.9 Å². The number of nitrogens with one attached hydrogen (secondary N) is 1. The summed E-state index contributed by atoms with van der Waals surface area (Å²) in [7, 11) is 0. The molecule has 0 aliphatic heterocycles. The number of hydrogen-bond donors (Lipinski definition) is 1. The van der Waals surface area contributed by atoms with Crippen LogP contribution in [-0.4, -0.2) is 16.5 Å². The van der Waals surface area contributed by atoms with Crippen LogP contribution >= 0.6 is 11.6 Å². The molecule has 2 rings (SSSR count). The van der Waals surface area contributed by atoms with Crippen LogP contribution in [0.5, 0.6) is 0 Å². The van der Waals surface area contributed by atoms with E-state index < -0.39 is 0 Å². The highest BCUT2D eigenvalue weighted by atomic mass is 35.5. The summed E-state index contributed by atoms with van der Waals surface area (Å²) in [5.74, 6) is 0.975. The van der Waals surface area contributed by atoms with E-state index in [0.717, 1.165) is 18.1 Å². The van der Waals surface area contributed by atoms with E-state index in [0.29, 0.717) is 16.4 Å². The van der Waals surface area contributed by atoms with Crippen molar-refractivity contribution in [1.29, 1.82) is 0 Å². The van der Waals surface area contributed by atoms with Crippen LogP contribution in [0.15, 0.2) is 24.3 Å². The molecule has 1 heterocycles. The number of hydrogen-bond acceptors (Lipinski definition) is 3. The average Bonchev–Trinajstić information content (AvgIpc) is 2.34. The normalized spacial score (nSPS) is 10.5. The Morgan fingerprint density at radius 3 is 2.79 bits per heavy atom. The van der Waals surface area contributed by atoms with Crippen molar-refractivity contribution >= 4 is 17.4 Å². The Morgan fingerprint density at radius 1 is 1.32 bits per heavy atom. The molecule has 1 aromatic heterocycles.